The summed E-state index contributed by atoms with van der Waals surface area (Å²) >= 11 is 0. The van der Waals surface area contributed by atoms with Crippen LogP contribution in [0.25, 0.3) is 11.1 Å². The van der Waals surface area contributed by atoms with Crippen LogP contribution in [0, 0.1) is 6.92 Å². The summed E-state index contributed by atoms with van der Waals surface area (Å²) in [5.74, 6) is 0.841. The lowest BCUT2D eigenvalue weighted by Gasteiger charge is -2.11. The van der Waals surface area contributed by atoms with Crippen molar-refractivity contribution in [3.8, 4) is 16.9 Å². The van der Waals surface area contributed by atoms with Crippen molar-refractivity contribution in [2.75, 3.05) is 18.6 Å². The normalized spacial score (nSPS) is 9.16. The molecule has 0 atom stereocenters. The summed E-state index contributed by atoms with van der Waals surface area (Å²) in [4.78, 5) is 0. The second-order valence-corrected chi connectivity index (χ2v) is 4.03. The molecule has 0 saturated heterocycles. The van der Waals surface area contributed by atoms with Gasteiger partial charge in [0.25, 0.3) is 0 Å². The number of methoxy groups -OCH3 is 1. The van der Waals surface area contributed by atoms with Gasteiger partial charge in [-0.1, -0.05) is 6.07 Å². The number of halogens is 2. The first kappa shape index (κ1) is 17.4. The van der Waals surface area contributed by atoms with Crippen LogP contribution in [-0.2, 0) is 0 Å². The summed E-state index contributed by atoms with van der Waals surface area (Å²) in [5, 5.41) is 0. The highest BCUT2D eigenvalue weighted by molar-refractivity contribution is 5.85. The summed E-state index contributed by atoms with van der Waals surface area (Å²) in [6.45, 7) is 2.03. The molecule has 5 heteroatoms. The fourth-order valence-electron chi connectivity index (χ4n) is 1.87. The minimum absolute atomic E-state index is 0. The van der Waals surface area contributed by atoms with Gasteiger partial charge in [0.05, 0.1) is 7.11 Å². The molecule has 3 nitrogen and oxygen atoms in total. The van der Waals surface area contributed by atoms with E-state index in [0.717, 1.165) is 28.1 Å². The maximum atomic E-state index is 5.97. The molecule has 0 aliphatic carbocycles. The molecule has 0 fully saturated rings. The smallest absolute Gasteiger partial charge is 0.119 e. The number of hydrogen-bond donors (Lipinski definition) is 2. The van der Waals surface area contributed by atoms with Gasteiger partial charge in [-0.25, -0.2) is 0 Å². The number of nitrogen functional groups attached to an aromatic ring is 2. The lowest BCUT2D eigenvalue weighted by molar-refractivity contribution is 0.414. The van der Waals surface area contributed by atoms with E-state index in [9.17, 15) is 0 Å². The van der Waals surface area contributed by atoms with Crippen LogP contribution in [0.1, 0.15) is 5.56 Å². The molecule has 0 amide bonds. The number of aryl methyl sites for hydroxylation is 1. The Labute approximate surface area is 125 Å². The fraction of sp³-hybridized carbons (Fsp3) is 0.143. The monoisotopic (exact) mass is 300 g/mol. The van der Waals surface area contributed by atoms with Gasteiger partial charge >= 0.3 is 0 Å². The van der Waals surface area contributed by atoms with Gasteiger partial charge in [0.1, 0.15) is 5.75 Å². The first-order valence-corrected chi connectivity index (χ1v) is 5.42. The fourth-order valence-corrected chi connectivity index (χ4v) is 1.87. The summed E-state index contributed by atoms with van der Waals surface area (Å²) in [7, 11) is 1.66. The van der Waals surface area contributed by atoms with Crippen molar-refractivity contribution < 1.29 is 4.74 Å². The minimum Gasteiger partial charge on any atom is -0.497 e. The van der Waals surface area contributed by atoms with Crippen LogP contribution in [0.15, 0.2) is 36.4 Å². The van der Waals surface area contributed by atoms with E-state index in [0.29, 0.717) is 5.69 Å². The average Bonchev–Trinajstić information content (AvgIpc) is 2.32. The summed E-state index contributed by atoms with van der Waals surface area (Å²) in [5.41, 5.74) is 16.4. The summed E-state index contributed by atoms with van der Waals surface area (Å²) < 4.78 is 5.18. The van der Waals surface area contributed by atoms with Crippen LogP contribution in [0.2, 0.25) is 0 Å². The first-order chi connectivity index (χ1) is 8.11. The Kier molecular flexibility index (Phi) is 6.53. The Bertz CT molecular complexity index is 559. The van der Waals surface area contributed by atoms with Crippen molar-refractivity contribution in [3.05, 3.63) is 42.0 Å². The van der Waals surface area contributed by atoms with Crippen LogP contribution in [-0.4, -0.2) is 7.11 Å². The zero-order valence-corrected chi connectivity index (χ0v) is 12.5. The zero-order valence-electron chi connectivity index (χ0n) is 10.8. The van der Waals surface area contributed by atoms with E-state index in [4.69, 9.17) is 16.2 Å². The molecule has 2 aromatic rings. The van der Waals surface area contributed by atoms with Gasteiger partial charge in [-0.2, -0.15) is 0 Å². The van der Waals surface area contributed by atoms with Crippen molar-refractivity contribution in [1.82, 2.24) is 0 Å². The average molecular weight is 301 g/mol. The van der Waals surface area contributed by atoms with Gasteiger partial charge in [0.15, 0.2) is 0 Å². The number of hydrogen-bond acceptors (Lipinski definition) is 3. The standard InChI is InChI=1S/C14H16N2O.2ClH/c1-9-7-11(17-2)4-5-12(9)13-8-10(15)3-6-14(13)16;;/h3-8H,15-16H2,1-2H3;2*1H. The molecule has 0 unspecified atom stereocenters. The van der Waals surface area contributed by atoms with Gasteiger partial charge < -0.3 is 16.2 Å². The van der Waals surface area contributed by atoms with E-state index in [1.165, 1.54) is 0 Å². The lowest BCUT2D eigenvalue weighted by atomic mass is 9.98. The topological polar surface area (TPSA) is 61.3 Å². The van der Waals surface area contributed by atoms with Gasteiger partial charge in [-0.05, 0) is 48.4 Å². The molecule has 0 aromatic heterocycles. The molecule has 0 aliphatic rings. The quantitative estimate of drug-likeness (QED) is 0.832. The highest BCUT2D eigenvalue weighted by atomic mass is 35.5. The molecule has 0 aliphatic heterocycles. The zero-order chi connectivity index (χ0) is 12.4. The van der Waals surface area contributed by atoms with E-state index in [1.807, 2.05) is 37.3 Å². The highest BCUT2D eigenvalue weighted by Gasteiger charge is 2.07. The molecule has 2 rings (SSSR count). The first-order valence-electron chi connectivity index (χ1n) is 5.42. The Balaban J connectivity index is 0.00000162. The maximum Gasteiger partial charge on any atom is 0.119 e. The van der Waals surface area contributed by atoms with Crippen molar-refractivity contribution in [2.45, 2.75) is 6.92 Å². The molecule has 2 aromatic carbocycles. The molecule has 104 valence electrons. The van der Waals surface area contributed by atoms with Crippen molar-refractivity contribution >= 4 is 36.2 Å². The molecule has 0 spiro atoms. The van der Waals surface area contributed by atoms with Crippen LogP contribution >= 0.6 is 24.8 Å². The minimum atomic E-state index is 0. The van der Waals surface area contributed by atoms with E-state index < -0.39 is 0 Å². The number of ether oxygens (including phenoxy) is 1. The predicted octanol–water partition coefficient (Wildman–Crippen LogP) is 3.68. The van der Waals surface area contributed by atoms with Gasteiger partial charge in [0.2, 0.25) is 0 Å². The predicted molar refractivity (Wildman–Crippen MR) is 86.5 cm³/mol. The third-order valence-electron chi connectivity index (χ3n) is 2.80. The Morgan fingerprint density at radius 2 is 1.58 bits per heavy atom. The van der Waals surface area contributed by atoms with Crippen molar-refractivity contribution in [3.63, 3.8) is 0 Å². The van der Waals surface area contributed by atoms with E-state index in [2.05, 4.69) is 0 Å². The van der Waals surface area contributed by atoms with Gasteiger partial charge in [0, 0.05) is 16.9 Å². The Morgan fingerprint density at radius 1 is 0.895 bits per heavy atom. The van der Waals surface area contributed by atoms with Crippen LogP contribution in [0.3, 0.4) is 0 Å². The second-order valence-electron chi connectivity index (χ2n) is 4.03. The van der Waals surface area contributed by atoms with E-state index >= 15 is 0 Å². The lowest BCUT2D eigenvalue weighted by Crippen LogP contribution is -1.95. The van der Waals surface area contributed by atoms with Gasteiger partial charge in [-0.3, -0.25) is 0 Å². The second kappa shape index (κ2) is 7.12. The third-order valence-corrected chi connectivity index (χ3v) is 2.80. The molecule has 19 heavy (non-hydrogen) atoms. The molecule has 0 saturated carbocycles. The number of benzene rings is 2. The van der Waals surface area contributed by atoms with Crippen LogP contribution < -0.4 is 16.2 Å². The van der Waals surface area contributed by atoms with E-state index in [-0.39, 0.29) is 24.8 Å². The number of anilines is 2. The van der Waals surface area contributed by atoms with E-state index in [1.54, 1.807) is 13.2 Å². The molecular weight excluding hydrogens is 283 g/mol. The molecular formula is C14H18Cl2N2O. The molecule has 0 bridgehead atoms. The number of nitrogens with two attached hydrogens (primary N) is 2. The van der Waals surface area contributed by atoms with Crippen molar-refractivity contribution in [1.29, 1.82) is 0 Å². The third kappa shape index (κ3) is 3.69. The van der Waals surface area contributed by atoms with Crippen LogP contribution in [0.4, 0.5) is 11.4 Å². The maximum absolute atomic E-state index is 5.97. The Hall–Kier alpha value is -1.58. The van der Waals surface area contributed by atoms with Crippen LogP contribution in [0.5, 0.6) is 5.75 Å². The SMILES string of the molecule is COc1ccc(-c2cc(N)ccc2N)c(C)c1.Cl.Cl. The largest absolute Gasteiger partial charge is 0.497 e. The molecule has 4 N–H and O–H groups in total. The number of rotatable bonds is 2. The summed E-state index contributed by atoms with van der Waals surface area (Å²) in [6, 6.07) is 11.4. The molecule has 0 heterocycles. The van der Waals surface area contributed by atoms with Crippen molar-refractivity contribution in [2.24, 2.45) is 0 Å². The molecule has 0 radical (unpaired) electrons. The van der Waals surface area contributed by atoms with Gasteiger partial charge in [-0.15, -0.1) is 24.8 Å². The Morgan fingerprint density at radius 3 is 2.16 bits per heavy atom. The summed E-state index contributed by atoms with van der Waals surface area (Å²) in [6.07, 6.45) is 0. The highest BCUT2D eigenvalue weighted by Crippen LogP contribution is 2.32.